The third-order valence-corrected chi connectivity index (χ3v) is 5.23. The topological polar surface area (TPSA) is 52.7 Å². The Morgan fingerprint density at radius 3 is 3.05 bits per heavy atom. The fraction of sp³-hybridized carbons (Fsp3) is 0.500. The van der Waals surface area contributed by atoms with Gasteiger partial charge in [0.15, 0.2) is 0 Å². The van der Waals surface area contributed by atoms with Gasteiger partial charge in [-0.2, -0.15) is 0 Å². The van der Waals surface area contributed by atoms with Crippen molar-refractivity contribution in [2.24, 2.45) is 0 Å². The number of nitrogens with one attached hydrogen (secondary N) is 1. The van der Waals surface area contributed by atoms with Crippen LogP contribution in [0.2, 0.25) is 0 Å². The summed E-state index contributed by atoms with van der Waals surface area (Å²) in [7, 11) is 0. The van der Waals surface area contributed by atoms with Gasteiger partial charge in [0.1, 0.15) is 0 Å². The van der Waals surface area contributed by atoms with Gasteiger partial charge in [0.05, 0.1) is 11.4 Å². The zero-order chi connectivity index (χ0) is 15.5. The lowest BCUT2D eigenvalue weighted by Crippen LogP contribution is -2.52. The van der Waals surface area contributed by atoms with Gasteiger partial charge < -0.3 is 15.1 Å². The lowest BCUT2D eigenvalue weighted by Gasteiger charge is -2.35. The first-order valence-electron chi connectivity index (χ1n) is 7.69. The van der Waals surface area contributed by atoms with Crippen molar-refractivity contribution in [3.8, 4) is 0 Å². The predicted molar refractivity (Wildman–Crippen MR) is 88.2 cm³/mol. The number of para-hydroxylation sites is 1. The van der Waals surface area contributed by atoms with Gasteiger partial charge in [0.25, 0.3) is 0 Å². The molecule has 2 amide bonds. The van der Waals surface area contributed by atoms with Crippen LogP contribution >= 0.6 is 11.8 Å². The fourth-order valence-electron chi connectivity index (χ4n) is 2.96. The van der Waals surface area contributed by atoms with Crippen LogP contribution in [-0.2, 0) is 9.59 Å². The second kappa shape index (κ2) is 6.71. The first-order chi connectivity index (χ1) is 10.7. The third-order valence-electron chi connectivity index (χ3n) is 4.18. The van der Waals surface area contributed by atoms with Crippen LogP contribution in [0, 0.1) is 0 Å². The van der Waals surface area contributed by atoms with E-state index in [1.165, 1.54) is 0 Å². The summed E-state index contributed by atoms with van der Waals surface area (Å²) in [6.07, 6.45) is 0.384. The van der Waals surface area contributed by atoms with Crippen molar-refractivity contribution in [2.45, 2.75) is 24.3 Å². The Labute approximate surface area is 135 Å². The second-order valence-electron chi connectivity index (χ2n) is 5.69. The fourth-order valence-corrected chi connectivity index (χ4v) is 3.90. The summed E-state index contributed by atoms with van der Waals surface area (Å²) >= 11 is 1.57. The number of nitrogens with zero attached hydrogens (tertiary/aromatic N) is 2. The molecule has 0 spiro atoms. The standard InChI is InChI=1S/C16H21N3O2S/c1-12-10-17-7-9-18(12)15(20)6-8-19-13-4-2-3-5-14(13)22-11-16(19)21/h2-5,12,17H,6-11H2,1H3/t12-/m0/s1. The quantitative estimate of drug-likeness (QED) is 0.913. The highest BCUT2D eigenvalue weighted by Gasteiger charge is 2.27. The summed E-state index contributed by atoms with van der Waals surface area (Å²) in [5.41, 5.74) is 0.935. The van der Waals surface area contributed by atoms with Crippen LogP contribution in [0.4, 0.5) is 5.69 Å². The highest BCUT2D eigenvalue weighted by atomic mass is 32.2. The van der Waals surface area contributed by atoms with Crippen molar-refractivity contribution < 1.29 is 9.59 Å². The molecule has 1 aromatic rings. The Hall–Kier alpha value is -1.53. The average molecular weight is 319 g/mol. The normalized spacial score (nSPS) is 21.7. The summed E-state index contributed by atoms with van der Waals surface area (Å²) in [5.74, 6) is 0.678. The summed E-state index contributed by atoms with van der Waals surface area (Å²) in [5, 5.41) is 3.28. The van der Waals surface area contributed by atoms with E-state index in [9.17, 15) is 9.59 Å². The molecule has 0 aliphatic carbocycles. The van der Waals surface area contributed by atoms with Crippen molar-refractivity contribution >= 4 is 29.3 Å². The molecule has 2 heterocycles. The highest BCUT2D eigenvalue weighted by Crippen LogP contribution is 2.34. The molecule has 22 heavy (non-hydrogen) atoms. The van der Waals surface area contributed by atoms with Crippen molar-refractivity contribution in [1.82, 2.24) is 10.2 Å². The van der Waals surface area contributed by atoms with Gasteiger partial charge in [-0.3, -0.25) is 9.59 Å². The van der Waals surface area contributed by atoms with Crippen molar-refractivity contribution in [1.29, 1.82) is 0 Å². The molecule has 0 saturated carbocycles. The number of anilines is 1. The van der Waals surface area contributed by atoms with Crippen LogP contribution in [0.5, 0.6) is 0 Å². The van der Waals surface area contributed by atoms with Crippen LogP contribution in [-0.4, -0.2) is 54.7 Å². The number of piperazine rings is 1. The number of thioether (sulfide) groups is 1. The van der Waals surface area contributed by atoms with E-state index in [4.69, 9.17) is 0 Å². The van der Waals surface area contributed by atoms with Crippen molar-refractivity contribution in [2.75, 3.05) is 36.8 Å². The number of hydrogen-bond donors (Lipinski definition) is 1. The molecule has 1 fully saturated rings. The molecule has 0 aromatic heterocycles. The van der Waals surface area contributed by atoms with Gasteiger partial charge in [-0.15, -0.1) is 11.8 Å². The maximum Gasteiger partial charge on any atom is 0.237 e. The van der Waals surface area contributed by atoms with Gasteiger partial charge in [-0.25, -0.2) is 0 Å². The molecule has 1 atom stereocenters. The van der Waals surface area contributed by atoms with Crippen LogP contribution < -0.4 is 10.2 Å². The van der Waals surface area contributed by atoms with Crippen LogP contribution in [0.25, 0.3) is 0 Å². The maximum absolute atomic E-state index is 12.4. The van der Waals surface area contributed by atoms with Crippen LogP contribution in [0.1, 0.15) is 13.3 Å². The number of rotatable bonds is 3. The zero-order valence-corrected chi connectivity index (χ0v) is 13.6. The first kappa shape index (κ1) is 15.4. The van der Waals surface area contributed by atoms with E-state index >= 15 is 0 Å². The largest absolute Gasteiger partial charge is 0.337 e. The third kappa shape index (κ3) is 3.13. The van der Waals surface area contributed by atoms with E-state index in [1.807, 2.05) is 29.2 Å². The lowest BCUT2D eigenvalue weighted by atomic mass is 10.2. The van der Waals surface area contributed by atoms with E-state index in [0.29, 0.717) is 18.7 Å². The van der Waals surface area contributed by atoms with Crippen LogP contribution in [0.15, 0.2) is 29.2 Å². The maximum atomic E-state index is 12.4. The lowest BCUT2D eigenvalue weighted by molar-refractivity contribution is -0.133. The van der Waals surface area contributed by atoms with E-state index < -0.39 is 0 Å². The minimum absolute atomic E-state index is 0.0878. The molecule has 1 saturated heterocycles. The second-order valence-corrected chi connectivity index (χ2v) is 6.71. The SMILES string of the molecule is C[C@H]1CNCCN1C(=O)CCN1C(=O)CSc2ccccc21. The van der Waals surface area contributed by atoms with Crippen molar-refractivity contribution in [3.63, 3.8) is 0 Å². The summed E-state index contributed by atoms with van der Waals surface area (Å²) < 4.78 is 0. The molecule has 5 nitrogen and oxygen atoms in total. The van der Waals surface area contributed by atoms with E-state index in [-0.39, 0.29) is 17.9 Å². The molecule has 118 valence electrons. The number of amides is 2. The van der Waals surface area contributed by atoms with Gasteiger partial charge in [0, 0.05) is 43.5 Å². The number of carbonyl (C=O) groups is 2. The molecule has 0 unspecified atom stereocenters. The smallest absolute Gasteiger partial charge is 0.237 e. The minimum Gasteiger partial charge on any atom is -0.337 e. The molecule has 0 radical (unpaired) electrons. The Balaban J connectivity index is 1.66. The molecule has 2 aliphatic heterocycles. The first-order valence-corrected chi connectivity index (χ1v) is 8.68. The summed E-state index contributed by atoms with van der Waals surface area (Å²) in [4.78, 5) is 29.4. The molecule has 1 N–H and O–H groups in total. The van der Waals surface area contributed by atoms with Crippen LogP contribution in [0.3, 0.4) is 0 Å². The van der Waals surface area contributed by atoms with Gasteiger partial charge >= 0.3 is 0 Å². The number of benzene rings is 1. The minimum atomic E-state index is 0.0878. The van der Waals surface area contributed by atoms with E-state index in [1.54, 1.807) is 16.7 Å². The number of hydrogen-bond acceptors (Lipinski definition) is 4. The molecule has 0 bridgehead atoms. The Kier molecular flexibility index (Phi) is 4.69. The Morgan fingerprint density at radius 1 is 1.41 bits per heavy atom. The molecule has 2 aliphatic rings. The van der Waals surface area contributed by atoms with Gasteiger partial charge in [-0.05, 0) is 19.1 Å². The van der Waals surface area contributed by atoms with E-state index in [2.05, 4.69) is 12.2 Å². The molecule has 3 rings (SSSR count). The van der Waals surface area contributed by atoms with E-state index in [0.717, 1.165) is 30.2 Å². The Morgan fingerprint density at radius 2 is 2.23 bits per heavy atom. The zero-order valence-electron chi connectivity index (χ0n) is 12.7. The summed E-state index contributed by atoms with van der Waals surface area (Å²) in [6.45, 7) is 4.96. The summed E-state index contributed by atoms with van der Waals surface area (Å²) in [6, 6.07) is 8.12. The predicted octanol–water partition coefficient (Wildman–Crippen LogP) is 1.34. The number of carbonyl (C=O) groups excluding carboxylic acids is 2. The average Bonchev–Trinajstić information content (AvgIpc) is 2.54. The molecule has 1 aromatic carbocycles. The van der Waals surface area contributed by atoms with Gasteiger partial charge in [0.2, 0.25) is 11.8 Å². The van der Waals surface area contributed by atoms with Gasteiger partial charge in [-0.1, -0.05) is 12.1 Å². The van der Waals surface area contributed by atoms with Crippen molar-refractivity contribution in [3.05, 3.63) is 24.3 Å². The molecule has 6 heteroatoms. The molecular weight excluding hydrogens is 298 g/mol. The molecular formula is C16H21N3O2S. The highest BCUT2D eigenvalue weighted by molar-refractivity contribution is 8.00. The Bertz CT molecular complexity index is 578. The number of fused-ring (bicyclic) bond motifs is 1. The monoisotopic (exact) mass is 319 g/mol.